The number of amides is 1. The van der Waals surface area contributed by atoms with Crippen molar-refractivity contribution in [2.45, 2.75) is 46.6 Å². The fraction of sp³-hybridized carbons (Fsp3) is 0.421. The van der Waals surface area contributed by atoms with Crippen molar-refractivity contribution >= 4 is 11.6 Å². The highest BCUT2D eigenvalue weighted by Crippen LogP contribution is 2.24. The molecule has 6 nitrogen and oxygen atoms in total. The third-order valence-electron chi connectivity index (χ3n) is 4.03. The van der Waals surface area contributed by atoms with Gasteiger partial charge in [0.1, 0.15) is 5.75 Å². The number of nitrogens with one attached hydrogen (secondary N) is 1. The Balaban J connectivity index is 1.99. The van der Waals surface area contributed by atoms with Crippen LogP contribution in [0.3, 0.4) is 0 Å². The summed E-state index contributed by atoms with van der Waals surface area (Å²) in [6, 6.07) is 9.55. The molecule has 0 unspecified atom stereocenters. The van der Waals surface area contributed by atoms with Crippen LogP contribution in [-0.2, 0) is 17.8 Å². The van der Waals surface area contributed by atoms with Gasteiger partial charge in [-0.3, -0.25) is 9.48 Å². The minimum atomic E-state index is -0.0595. The molecule has 0 atom stereocenters. The lowest BCUT2D eigenvalue weighted by Gasteiger charge is -2.11. The molecule has 0 aliphatic heterocycles. The SMILES string of the molecule is CCOc1ccccc1NC(=O)CCc1c(C)nn(CCC#N)c1C. The number of hydrogen-bond donors (Lipinski definition) is 1. The third kappa shape index (κ3) is 4.83. The van der Waals surface area contributed by atoms with Crippen LogP contribution in [0.5, 0.6) is 5.75 Å². The molecule has 132 valence electrons. The molecule has 0 saturated heterocycles. The molecule has 2 aromatic rings. The largest absolute Gasteiger partial charge is 0.492 e. The van der Waals surface area contributed by atoms with E-state index in [-0.39, 0.29) is 5.91 Å². The Kier molecular flexibility index (Phi) is 6.58. The predicted molar refractivity (Wildman–Crippen MR) is 96.5 cm³/mol. The van der Waals surface area contributed by atoms with Gasteiger partial charge in [-0.05, 0) is 44.9 Å². The second-order valence-electron chi connectivity index (χ2n) is 5.76. The first-order valence-electron chi connectivity index (χ1n) is 8.48. The number of carbonyl (C=O) groups excluding carboxylic acids is 1. The molecular weight excluding hydrogens is 316 g/mol. The molecule has 1 heterocycles. The minimum Gasteiger partial charge on any atom is -0.492 e. The summed E-state index contributed by atoms with van der Waals surface area (Å²) in [6.07, 6.45) is 1.41. The van der Waals surface area contributed by atoms with Crippen LogP contribution in [0.25, 0.3) is 0 Å². The number of aryl methyl sites for hydroxylation is 2. The maximum atomic E-state index is 12.3. The van der Waals surface area contributed by atoms with Crippen molar-refractivity contribution < 1.29 is 9.53 Å². The third-order valence-corrected chi connectivity index (χ3v) is 4.03. The molecule has 0 bridgehead atoms. The van der Waals surface area contributed by atoms with E-state index in [9.17, 15) is 4.79 Å². The lowest BCUT2D eigenvalue weighted by atomic mass is 10.1. The first kappa shape index (κ1) is 18.5. The van der Waals surface area contributed by atoms with E-state index >= 15 is 0 Å². The second kappa shape index (κ2) is 8.88. The molecule has 0 radical (unpaired) electrons. The Labute approximate surface area is 148 Å². The number of benzene rings is 1. The number of rotatable bonds is 8. The quantitative estimate of drug-likeness (QED) is 0.799. The Morgan fingerprint density at radius 2 is 2.12 bits per heavy atom. The average Bonchev–Trinajstić information content (AvgIpc) is 2.86. The van der Waals surface area contributed by atoms with Crippen molar-refractivity contribution in [2.75, 3.05) is 11.9 Å². The van der Waals surface area contributed by atoms with E-state index in [1.165, 1.54) is 0 Å². The van der Waals surface area contributed by atoms with Crippen molar-refractivity contribution in [2.24, 2.45) is 0 Å². The topological polar surface area (TPSA) is 79.9 Å². The summed E-state index contributed by atoms with van der Waals surface area (Å²) < 4.78 is 7.37. The lowest BCUT2D eigenvalue weighted by molar-refractivity contribution is -0.116. The summed E-state index contributed by atoms with van der Waals surface area (Å²) in [5.41, 5.74) is 3.70. The molecule has 6 heteroatoms. The van der Waals surface area contributed by atoms with Gasteiger partial charge >= 0.3 is 0 Å². The Morgan fingerprint density at radius 1 is 1.36 bits per heavy atom. The van der Waals surface area contributed by atoms with Crippen LogP contribution in [0.15, 0.2) is 24.3 Å². The van der Waals surface area contributed by atoms with Crippen LogP contribution in [0.2, 0.25) is 0 Å². The lowest BCUT2D eigenvalue weighted by Crippen LogP contribution is -2.13. The van der Waals surface area contributed by atoms with Gasteiger partial charge in [0.15, 0.2) is 0 Å². The molecule has 0 spiro atoms. The Morgan fingerprint density at radius 3 is 2.84 bits per heavy atom. The summed E-state index contributed by atoms with van der Waals surface area (Å²) in [5.74, 6) is 0.616. The van der Waals surface area contributed by atoms with Crippen LogP contribution < -0.4 is 10.1 Å². The molecule has 0 aliphatic carbocycles. The fourth-order valence-corrected chi connectivity index (χ4v) is 2.77. The first-order chi connectivity index (χ1) is 12.1. The molecule has 2 rings (SSSR count). The number of nitriles is 1. The van der Waals surface area contributed by atoms with Crippen LogP contribution >= 0.6 is 0 Å². The predicted octanol–water partition coefficient (Wildman–Crippen LogP) is 3.38. The minimum absolute atomic E-state index is 0.0595. The van der Waals surface area contributed by atoms with Gasteiger partial charge in [-0.25, -0.2) is 0 Å². The number of nitrogens with zero attached hydrogens (tertiary/aromatic N) is 3. The molecule has 1 aromatic heterocycles. The van der Waals surface area contributed by atoms with Gasteiger partial charge in [0.05, 0.1) is 37.0 Å². The molecule has 25 heavy (non-hydrogen) atoms. The first-order valence-corrected chi connectivity index (χ1v) is 8.48. The van der Waals surface area contributed by atoms with Gasteiger partial charge in [0.2, 0.25) is 5.91 Å². The molecular formula is C19H24N4O2. The van der Waals surface area contributed by atoms with Crippen LogP contribution in [0.4, 0.5) is 5.69 Å². The number of hydrogen-bond acceptors (Lipinski definition) is 4. The average molecular weight is 340 g/mol. The van der Waals surface area contributed by atoms with E-state index < -0.39 is 0 Å². The number of aromatic nitrogens is 2. The summed E-state index contributed by atoms with van der Waals surface area (Å²) in [6.45, 7) is 6.96. The summed E-state index contributed by atoms with van der Waals surface area (Å²) in [5, 5.41) is 16.1. The van der Waals surface area contributed by atoms with Gasteiger partial charge < -0.3 is 10.1 Å². The van der Waals surface area contributed by atoms with Gasteiger partial charge in [-0.1, -0.05) is 12.1 Å². The van der Waals surface area contributed by atoms with E-state index in [4.69, 9.17) is 10.00 Å². The Bertz CT molecular complexity index is 774. The number of carbonyl (C=O) groups is 1. The molecule has 0 fully saturated rings. The highest BCUT2D eigenvalue weighted by atomic mass is 16.5. The van der Waals surface area contributed by atoms with Gasteiger partial charge in [0.25, 0.3) is 0 Å². The van der Waals surface area contributed by atoms with Gasteiger partial charge in [0, 0.05) is 12.1 Å². The van der Waals surface area contributed by atoms with Crippen LogP contribution in [-0.4, -0.2) is 22.3 Å². The monoisotopic (exact) mass is 340 g/mol. The number of anilines is 1. The highest BCUT2D eigenvalue weighted by Gasteiger charge is 2.14. The normalized spacial score (nSPS) is 10.3. The van der Waals surface area contributed by atoms with Crippen molar-refractivity contribution in [3.05, 3.63) is 41.2 Å². The second-order valence-corrected chi connectivity index (χ2v) is 5.76. The van der Waals surface area contributed by atoms with E-state index in [1.54, 1.807) is 0 Å². The van der Waals surface area contributed by atoms with Crippen molar-refractivity contribution in [1.82, 2.24) is 9.78 Å². The van der Waals surface area contributed by atoms with Gasteiger partial charge in [-0.2, -0.15) is 10.4 Å². The van der Waals surface area contributed by atoms with Crippen LogP contribution in [0.1, 0.15) is 36.7 Å². The molecule has 0 aliphatic rings. The van der Waals surface area contributed by atoms with Crippen molar-refractivity contribution in [3.63, 3.8) is 0 Å². The molecule has 1 aromatic carbocycles. The van der Waals surface area contributed by atoms with E-state index in [1.807, 2.05) is 49.7 Å². The fourth-order valence-electron chi connectivity index (χ4n) is 2.77. The van der Waals surface area contributed by atoms with E-state index in [0.29, 0.717) is 43.9 Å². The van der Waals surface area contributed by atoms with Crippen molar-refractivity contribution in [1.29, 1.82) is 5.26 Å². The summed E-state index contributed by atoms with van der Waals surface area (Å²) >= 11 is 0. The molecule has 1 N–H and O–H groups in total. The molecule has 0 saturated carbocycles. The highest BCUT2D eigenvalue weighted by molar-refractivity contribution is 5.92. The standard InChI is InChI=1S/C19H24N4O2/c1-4-25-18-9-6-5-8-17(18)21-19(24)11-10-16-14(2)22-23(15(16)3)13-7-12-20/h5-6,8-9H,4,7,10-11,13H2,1-3H3,(H,21,24). The number of ether oxygens (including phenoxy) is 1. The Hall–Kier alpha value is -2.81. The maximum Gasteiger partial charge on any atom is 0.224 e. The number of para-hydroxylation sites is 2. The zero-order valence-corrected chi connectivity index (χ0v) is 15.0. The van der Waals surface area contributed by atoms with Gasteiger partial charge in [-0.15, -0.1) is 0 Å². The van der Waals surface area contributed by atoms with E-state index in [2.05, 4.69) is 16.5 Å². The smallest absolute Gasteiger partial charge is 0.224 e. The summed E-state index contributed by atoms with van der Waals surface area (Å²) in [4.78, 5) is 12.3. The zero-order valence-electron chi connectivity index (χ0n) is 15.0. The van der Waals surface area contributed by atoms with Crippen LogP contribution in [0, 0.1) is 25.2 Å². The summed E-state index contributed by atoms with van der Waals surface area (Å²) in [7, 11) is 0. The maximum absolute atomic E-state index is 12.3. The van der Waals surface area contributed by atoms with E-state index in [0.717, 1.165) is 17.0 Å². The zero-order chi connectivity index (χ0) is 18.2. The van der Waals surface area contributed by atoms with Crippen molar-refractivity contribution in [3.8, 4) is 11.8 Å². The molecule has 1 amide bonds.